The fourth-order valence-corrected chi connectivity index (χ4v) is 11.5. The number of methoxy groups -OCH3 is 1. The van der Waals surface area contributed by atoms with E-state index in [1.54, 1.807) is 7.11 Å². The fourth-order valence-electron chi connectivity index (χ4n) is 11.5. The molecule has 230 valence electrons. The average Bonchev–Trinajstić information content (AvgIpc) is 3.48. The van der Waals surface area contributed by atoms with Crippen molar-refractivity contribution in [1.82, 2.24) is 0 Å². The first-order valence-electron chi connectivity index (χ1n) is 17.0. The van der Waals surface area contributed by atoms with Crippen LogP contribution in [0.4, 0.5) is 0 Å². The van der Waals surface area contributed by atoms with E-state index in [4.69, 9.17) is 11.2 Å². The van der Waals surface area contributed by atoms with Gasteiger partial charge in [0.2, 0.25) is 0 Å². The number of fused-ring (bicyclic) bond motifs is 10. The van der Waals surface area contributed by atoms with Crippen LogP contribution in [0.2, 0.25) is 0 Å². The van der Waals surface area contributed by atoms with Gasteiger partial charge in [0, 0.05) is 5.41 Å². The van der Waals surface area contributed by atoms with Gasteiger partial charge in [-0.25, -0.2) is 0 Å². The van der Waals surface area contributed by atoms with Crippen LogP contribution in [0, 0.1) is 46.8 Å². The maximum Gasteiger partial charge on any atom is 0.130 e. The van der Waals surface area contributed by atoms with Gasteiger partial charge in [-0.2, -0.15) is 0 Å². The Morgan fingerprint density at radius 2 is 1.44 bits per heavy atom. The summed E-state index contributed by atoms with van der Waals surface area (Å²) in [7, 11) is 1.73. The number of aromatic hydroxyl groups is 1. The number of hydrogen-bond donors (Lipinski definition) is 3. The summed E-state index contributed by atoms with van der Waals surface area (Å²) in [6.45, 7) is 4.56. The molecule has 43 heavy (non-hydrogen) atoms. The van der Waals surface area contributed by atoms with Crippen LogP contribution < -0.4 is 4.74 Å². The van der Waals surface area contributed by atoms with Gasteiger partial charge in [-0.1, -0.05) is 31.9 Å². The van der Waals surface area contributed by atoms with E-state index in [0.717, 1.165) is 63.0 Å². The normalized spacial score (nSPS) is 42.0. The van der Waals surface area contributed by atoms with E-state index in [9.17, 15) is 15.3 Å². The minimum atomic E-state index is -0.900. The quantitative estimate of drug-likeness (QED) is 0.304. The van der Waals surface area contributed by atoms with Crippen LogP contribution in [-0.2, 0) is 12.8 Å². The van der Waals surface area contributed by atoms with Crippen molar-refractivity contribution in [3.05, 3.63) is 58.7 Å². The highest BCUT2D eigenvalue weighted by molar-refractivity contribution is 5.42. The predicted molar refractivity (Wildman–Crippen MR) is 170 cm³/mol. The topological polar surface area (TPSA) is 69.9 Å². The van der Waals surface area contributed by atoms with Crippen molar-refractivity contribution in [2.75, 3.05) is 7.11 Å². The summed E-state index contributed by atoms with van der Waals surface area (Å²) >= 11 is 0. The Morgan fingerprint density at radius 1 is 0.791 bits per heavy atom. The minimum Gasteiger partial charge on any atom is -0.508 e. The summed E-state index contributed by atoms with van der Waals surface area (Å²) < 4.78 is 5.39. The Labute approximate surface area is 258 Å². The van der Waals surface area contributed by atoms with Crippen LogP contribution in [0.3, 0.4) is 0 Å². The first-order chi connectivity index (χ1) is 20.6. The molecule has 8 rings (SSSR count). The molecule has 3 N–H and O–H groups in total. The van der Waals surface area contributed by atoms with Crippen molar-refractivity contribution in [3.63, 3.8) is 0 Å². The molecule has 4 saturated carbocycles. The smallest absolute Gasteiger partial charge is 0.130 e. The van der Waals surface area contributed by atoms with Gasteiger partial charge in [-0.15, -0.1) is 6.42 Å². The Bertz CT molecular complexity index is 1420. The van der Waals surface area contributed by atoms with Gasteiger partial charge in [0.05, 0.1) is 13.2 Å². The molecular formula is C39H50O4. The summed E-state index contributed by atoms with van der Waals surface area (Å²) in [5.74, 6) is 8.05. The minimum absolute atomic E-state index is 0.0883. The van der Waals surface area contributed by atoms with Crippen LogP contribution in [-0.4, -0.2) is 34.1 Å². The van der Waals surface area contributed by atoms with Crippen molar-refractivity contribution in [1.29, 1.82) is 0 Å². The second-order valence-corrected chi connectivity index (χ2v) is 15.4. The van der Waals surface area contributed by atoms with E-state index in [-0.39, 0.29) is 16.9 Å². The molecule has 0 unspecified atom stereocenters. The van der Waals surface area contributed by atoms with Crippen molar-refractivity contribution in [3.8, 4) is 23.8 Å². The number of terminal acetylenes is 1. The number of ether oxygens (including phenoxy) is 1. The van der Waals surface area contributed by atoms with Crippen molar-refractivity contribution < 1.29 is 20.1 Å². The lowest BCUT2D eigenvalue weighted by molar-refractivity contribution is -0.0646. The number of hydrogen-bond acceptors (Lipinski definition) is 4. The molecule has 2 aromatic rings. The molecule has 4 heteroatoms. The molecule has 10 atom stereocenters. The predicted octanol–water partition coefficient (Wildman–Crippen LogP) is 7.52. The third kappa shape index (κ3) is 4.39. The molecule has 0 aromatic heterocycles. The number of aryl methyl sites for hydroxylation is 2. The highest BCUT2D eigenvalue weighted by Crippen LogP contribution is 2.64. The van der Waals surface area contributed by atoms with Gasteiger partial charge in [0.15, 0.2) is 0 Å². The lowest BCUT2D eigenvalue weighted by Gasteiger charge is -2.52. The summed E-state index contributed by atoms with van der Waals surface area (Å²) in [4.78, 5) is 0. The van der Waals surface area contributed by atoms with Crippen molar-refractivity contribution in [2.24, 2.45) is 34.5 Å². The van der Waals surface area contributed by atoms with E-state index >= 15 is 0 Å². The monoisotopic (exact) mass is 582 g/mol. The number of benzene rings is 2. The van der Waals surface area contributed by atoms with Crippen LogP contribution in [0.25, 0.3) is 0 Å². The van der Waals surface area contributed by atoms with Crippen LogP contribution in [0.1, 0.15) is 112 Å². The van der Waals surface area contributed by atoms with E-state index in [2.05, 4.69) is 44.0 Å². The van der Waals surface area contributed by atoms with Gasteiger partial charge in [-0.05, 0) is 164 Å². The Balaban J connectivity index is 0.000000141. The molecule has 0 heterocycles. The maximum atomic E-state index is 11.0. The summed E-state index contributed by atoms with van der Waals surface area (Å²) in [5, 5.41) is 31.0. The number of phenols is 1. The van der Waals surface area contributed by atoms with Crippen molar-refractivity contribution >= 4 is 0 Å². The lowest BCUT2D eigenvalue weighted by Crippen LogP contribution is -2.50. The maximum absolute atomic E-state index is 11.0. The highest BCUT2D eigenvalue weighted by atomic mass is 16.5. The highest BCUT2D eigenvalue weighted by Gasteiger charge is 2.61. The molecule has 0 spiro atoms. The second kappa shape index (κ2) is 10.6. The van der Waals surface area contributed by atoms with Gasteiger partial charge in [0.1, 0.15) is 17.1 Å². The molecule has 0 radical (unpaired) electrons. The lowest BCUT2D eigenvalue weighted by atomic mass is 9.53. The molecule has 0 aliphatic heterocycles. The molecule has 0 bridgehead atoms. The molecule has 0 saturated heterocycles. The van der Waals surface area contributed by atoms with Gasteiger partial charge < -0.3 is 20.1 Å². The molecule has 6 aliphatic rings. The zero-order valence-electron chi connectivity index (χ0n) is 26.3. The van der Waals surface area contributed by atoms with E-state index < -0.39 is 5.60 Å². The standard InChI is InChI=1S/C21H26O2.C18H24O2/c1-4-21(22)12-10-19-18-7-5-14-13-15(23-3)6-8-16(14)17(18)9-11-20(19,21)2;1-18-9-8-14-13-5-3-12(19)10-11(13)2-4-15(14)16(18)6-7-17(18)20/h1,6,8,13,17-19,22H,5,7,9-12H2,2-3H3;3,5,10,14-17,19-20H,2,4,6-9H2,1H3/t17-,18-,19+,20+,21+;14-,15-,16+,17+,18+/m11/s1. The average molecular weight is 583 g/mol. The Kier molecular flexibility index (Phi) is 7.18. The molecular weight excluding hydrogens is 532 g/mol. The summed E-state index contributed by atoms with van der Waals surface area (Å²) in [6, 6.07) is 12.5. The van der Waals surface area contributed by atoms with Gasteiger partial charge in [0.25, 0.3) is 0 Å². The SMILES string of the molecule is C#C[C@]1(O)CC[C@H]2[C@@H]3CCc4cc(OC)ccc4[C@H]3CC[C@@]21C.C[C@]12CC[C@@H]3c4ccc(O)cc4CC[C@H]3[C@@H]1CC[C@@H]2O. The molecule has 4 nitrogen and oxygen atoms in total. The molecule has 6 aliphatic carbocycles. The van der Waals surface area contributed by atoms with Crippen LogP contribution in [0.15, 0.2) is 36.4 Å². The number of aliphatic hydroxyl groups excluding tert-OH is 1. The number of rotatable bonds is 1. The Hall–Kier alpha value is -2.48. The van der Waals surface area contributed by atoms with Crippen LogP contribution >= 0.6 is 0 Å². The second-order valence-electron chi connectivity index (χ2n) is 15.4. The molecule has 2 aromatic carbocycles. The van der Waals surface area contributed by atoms with Crippen LogP contribution in [0.5, 0.6) is 11.5 Å². The van der Waals surface area contributed by atoms with E-state index in [1.165, 1.54) is 47.9 Å². The molecule has 0 amide bonds. The van der Waals surface area contributed by atoms with E-state index in [0.29, 0.717) is 35.3 Å². The van der Waals surface area contributed by atoms with E-state index in [1.807, 2.05) is 12.1 Å². The van der Waals surface area contributed by atoms with Crippen molar-refractivity contribution in [2.45, 2.75) is 114 Å². The van der Waals surface area contributed by atoms with Gasteiger partial charge in [-0.3, -0.25) is 0 Å². The molecule has 4 fully saturated rings. The fraction of sp³-hybridized carbons (Fsp3) is 0.641. The Morgan fingerprint density at radius 3 is 2.14 bits per heavy atom. The first kappa shape index (κ1) is 29.2. The summed E-state index contributed by atoms with van der Waals surface area (Å²) in [6.07, 6.45) is 18.9. The number of phenolic OH excluding ortho intramolecular Hbond substituents is 1. The van der Waals surface area contributed by atoms with Gasteiger partial charge >= 0.3 is 0 Å². The third-order valence-corrected chi connectivity index (χ3v) is 14.0. The third-order valence-electron chi connectivity index (χ3n) is 14.0. The summed E-state index contributed by atoms with van der Waals surface area (Å²) in [5.41, 5.74) is 4.96. The zero-order chi connectivity index (χ0) is 30.1. The zero-order valence-corrected chi connectivity index (χ0v) is 26.3. The largest absolute Gasteiger partial charge is 0.508 e. The number of aliphatic hydroxyl groups is 2. The first-order valence-corrected chi connectivity index (χ1v) is 17.0.